The van der Waals surface area contributed by atoms with Crippen molar-refractivity contribution in [1.29, 1.82) is 0 Å². The molecule has 1 heterocycles. The molecule has 0 aliphatic rings. The van der Waals surface area contributed by atoms with E-state index in [1.165, 1.54) is 29.1 Å². The lowest BCUT2D eigenvalue weighted by Gasteiger charge is -1.98. The fourth-order valence-corrected chi connectivity index (χ4v) is 1.63. The van der Waals surface area contributed by atoms with Crippen LogP contribution >= 0.6 is 23.8 Å². The Morgan fingerprint density at radius 1 is 1.59 bits per heavy atom. The molecule has 0 amide bonds. The first-order valence-corrected chi connectivity index (χ1v) is 5.50. The minimum atomic E-state index is -0.372. The summed E-state index contributed by atoms with van der Waals surface area (Å²) in [5, 5.41) is 11.0. The van der Waals surface area contributed by atoms with Gasteiger partial charge in [0, 0.05) is 10.6 Å². The molecule has 0 fully saturated rings. The Morgan fingerprint density at radius 3 is 3.00 bits per heavy atom. The lowest BCUT2D eigenvalue weighted by atomic mass is 10.2. The summed E-state index contributed by atoms with van der Waals surface area (Å²) in [4.78, 5) is 0. The minimum absolute atomic E-state index is 0.367. The van der Waals surface area contributed by atoms with Crippen molar-refractivity contribution in [2.24, 2.45) is 5.10 Å². The minimum Gasteiger partial charge on any atom is -0.250 e. The van der Waals surface area contributed by atoms with Crippen molar-refractivity contribution in [3.63, 3.8) is 0 Å². The fourth-order valence-electron chi connectivity index (χ4n) is 1.24. The molecule has 0 saturated heterocycles. The largest absolute Gasteiger partial charge is 0.250 e. The first-order chi connectivity index (χ1) is 8.08. The molecule has 1 aromatic heterocycles. The van der Waals surface area contributed by atoms with Gasteiger partial charge in [0.1, 0.15) is 11.6 Å². The second kappa shape index (κ2) is 4.77. The van der Waals surface area contributed by atoms with E-state index in [0.29, 0.717) is 21.2 Å². The smallest absolute Gasteiger partial charge is 0.216 e. The summed E-state index contributed by atoms with van der Waals surface area (Å²) in [6.45, 7) is 1.75. The zero-order chi connectivity index (χ0) is 12.4. The Hall–Kier alpha value is -1.53. The molecule has 0 bridgehead atoms. The van der Waals surface area contributed by atoms with Crippen molar-refractivity contribution in [2.75, 3.05) is 0 Å². The van der Waals surface area contributed by atoms with Crippen LogP contribution in [0.3, 0.4) is 0 Å². The van der Waals surface area contributed by atoms with E-state index in [2.05, 4.69) is 15.3 Å². The molecule has 0 atom stereocenters. The van der Waals surface area contributed by atoms with E-state index in [0.717, 1.165) is 0 Å². The maximum atomic E-state index is 13.0. The monoisotopic (exact) mass is 270 g/mol. The highest BCUT2D eigenvalue weighted by Gasteiger charge is 2.01. The zero-order valence-corrected chi connectivity index (χ0v) is 10.4. The van der Waals surface area contributed by atoms with Gasteiger partial charge in [-0.15, -0.1) is 0 Å². The predicted molar refractivity (Wildman–Crippen MR) is 66.6 cm³/mol. The molecule has 17 heavy (non-hydrogen) atoms. The van der Waals surface area contributed by atoms with Crippen molar-refractivity contribution in [1.82, 2.24) is 14.9 Å². The van der Waals surface area contributed by atoms with Crippen LogP contribution in [0.2, 0.25) is 5.02 Å². The molecule has 0 aliphatic heterocycles. The molecule has 2 rings (SSSR count). The van der Waals surface area contributed by atoms with Gasteiger partial charge < -0.3 is 0 Å². The Balaban J connectivity index is 2.39. The normalized spacial score (nSPS) is 11.2. The van der Waals surface area contributed by atoms with E-state index in [1.54, 1.807) is 6.92 Å². The number of aromatic amines is 1. The second-order valence-electron chi connectivity index (χ2n) is 3.30. The summed E-state index contributed by atoms with van der Waals surface area (Å²) in [6, 6.07) is 4.05. The second-order valence-corrected chi connectivity index (χ2v) is 4.09. The molecule has 0 aliphatic carbocycles. The van der Waals surface area contributed by atoms with Gasteiger partial charge in [0.25, 0.3) is 0 Å². The van der Waals surface area contributed by atoms with Crippen molar-refractivity contribution < 1.29 is 4.39 Å². The average Bonchev–Trinajstić information content (AvgIpc) is 2.61. The summed E-state index contributed by atoms with van der Waals surface area (Å²) < 4.78 is 14.8. The molecule has 1 aromatic carbocycles. The quantitative estimate of drug-likeness (QED) is 0.674. The third kappa shape index (κ3) is 2.59. The molecule has 0 saturated carbocycles. The zero-order valence-electron chi connectivity index (χ0n) is 8.82. The number of nitrogens with zero attached hydrogens (tertiary/aromatic N) is 3. The number of aromatic nitrogens is 3. The highest BCUT2D eigenvalue weighted by atomic mass is 35.5. The number of benzene rings is 1. The van der Waals surface area contributed by atoms with Gasteiger partial charge in [-0.2, -0.15) is 14.9 Å². The number of hydrogen-bond acceptors (Lipinski definition) is 3. The van der Waals surface area contributed by atoms with Gasteiger partial charge in [-0.3, -0.25) is 5.10 Å². The van der Waals surface area contributed by atoms with Gasteiger partial charge in [0.2, 0.25) is 4.77 Å². The van der Waals surface area contributed by atoms with Crippen molar-refractivity contribution in [3.05, 3.63) is 45.2 Å². The van der Waals surface area contributed by atoms with Crippen LogP contribution in [0.15, 0.2) is 23.3 Å². The maximum Gasteiger partial charge on any atom is 0.216 e. The van der Waals surface area contributed by atoms with Gasteiger partial charge in [0.15, 0.2) is 0 Å². The van der Waals surface area contributed by atoms with Gasteiger partial charge in [-0.05, 0) is 37.3 Å². The Kier molecular flexibility index (Phi) is 3.35. The highest BCUT2D eigenvalue weighted by molar-refractivity contribution is 7.71. The molecule has 0 unspecified atom stereocenters. The molecule has 7 heteroatoms. The number of rotatable bonds is 2. The van der Waals surface area contributed by atoms with Crippen molar-refractivity contribution in [3.8, 4) is 0 Å². The Labute approximate surface area is 107 Å². The first-order valence-electron chi connectivity index (χ1n) is 4.71. The van der Waals surface area contributed by atoms with E-state index in [9.17, 15) is 4.39 Å². The standard InChI is InChI=1S/C10H8ClFN4S/c1-6-14-15-10(17)16(6)13-5-7-4-8(12)2-3-9(7)11/h2-5H,1H3,(H,15,17)/b13-5+. The van der Waals surface area contributed by atoms with Crippen LogP contribution in [0.4, 0.5) is 4.39 Å². The maximum absolute atomic E-state index is 13.0. The summed E-state index contributed by atoms with van der Waals surface area (Å²) in [5.74, 6) is 0.238. The lowest BCUT2D eigenvalue weighted by molar-refractivity contribution is 0.627. The van der Waals surface area contributed by atoms with Gasteiger partial charge in [-0.25, -0.2) is 4.39 Å². The van der Waals surface area contributed by atoms with Crippen LogP contribution in [0.1, 0.15) is 11.4 Å². The molecular formula is C10H8ClFN4S. The van der Waals surface area contributed by atoms with Crippen LogP contribution in [0, 0.1) is 17.5 Å². The summed E-state index contributed by atoms with van der Waals surface area (Å²) in [7, 11) is 0. The number of halogens is 2. The Bertz CT molecular complexity index is 631. The molecule has 4 nitrogen and oxygen atoms in total. The summed E-state index contributed by atoms with van der Waals surface area (Å²) in [5.41, 5.74) is 0.481. The fraction of sp³-hybridized carbons (Fsp3) is 0.100. The summed E-state index contributed by atoms with van der Waals surface area (Å²) in [6.07, 6.45) is 1.43. The number of hydrogen-bond donors (Lipinski definition) is 1. The van der Waals surface area contributed by atoms with E-state index in [4.69, 9.17) is 23.8 Å². The summed E-state index contributed by atoms with van der Waals surface area (Å²) >= 11 is 10.9. The molecule has 0 spiro atoms. The van der Waals surface area contributed by atoms with Crippen LogP contribution in [-0.4, -0.2) is 21.1 Å². The van der Waals surface area contributed by atoms with Crippen molar-refractivity contribution >= 4 is 30.0 Å². The van der Waals surface area contributed by atoms with Crippen LogP contribution < -0.4 is 0 Å². The third-order valence-corrected chi connectivity index (χ3v) is 2.69. The van der Waals surface area contributed by atoms with Gasteiger partial charge in [-0.1, -0.05) is 11.6 Å². The number of H-pyrrole nitrogens is 1. The highest BCUT2D eigenvalue weighted by Crippen LogP contribution is 2.15. The van der Waals surface area contributed by atoms with Crippen LogP contribution in [0.25, 0.3) is 0 Å². The van der Waals surface area contributed by atoms with Gasteiger partial charge >= 0.3 is 0 Å². The first kappa shape index (κ1) is 11.9. The SMILES string of the molecule is Cc1n[nH]c(=S)n1/N=C/c1cc(F)ccc1Cl. The van der Waals surface area contributed by atoms with E-state index >= 15 is 0 Å². The number of nitrogens with one attached hydrogen (secondary N) is 1. The molecule has 2 aromatic rings. The van der Waals surface area contributed by atoms with E-state index in [-0.39, 0.29) is 5.82 Å². The molecule has 0 radical (unpaired) electrons. The predicted octanol–water partition coefficient (Wildman–Crippen LogP) is 2.92. The lowest BCUT2D eigenvalue weighted by Crippen LogP contribution is -1.94. The molecular weight excluding hydrogens is 263 g/mol. The van der Waals surface area contributed by atoms with Crippen LogP contribution in [-0.2, 0) is 0 Å². The number of aryl methyl sites for hydroxylation is 1. The topological polar surface area (TPSA) is 46.0 Å². The molecule has 1 N–H and O–H groups in total. The van der Waals surface area contributed by atoms with E-state index in [1.807, 2.05) is 0 Å². The molecule has 88 valence electrons. The average molecular weight is 271 g/mol. The third-order valence-electron chi connectivity index (χ3n) is 2.08. The van der Waals surface area contributed by atoms with E-state index < -0.39 is 0 Å². The van der Waals surface area contributed by atoms with Gasteiger partial charge in [0.05, 0.1) is 6.21 Å². The Morgan fingerprint density at radius 2 is 2.35 bits per heavy atom. The van der Waals surface area contributed by atoms with Crippen molar-refractivity contribution in [2.45, 2.75) is 6.92 Å². The van der Waals surface area contributed by atoms with Crippen LogP contribution in [0.5, 0.6) is 0 Å².